The maximum Gasteiger partial charge on any atom is 0.332 e. The van der Waals surface area contributed by atoms with E-state index >= 15 is 0 Å². The molecule has 46 heavy (non-hydrogen) atoms. The lowest BCUT2D eigenvalue weighted by Gasteiger charge is -2.33. The third-order valence-electron chi connectivity index (χ3n) is 8.56. The Hall–Kier alpha value is -3.65. The van der Waals surface area contributed by atoms with Crippen LogP contribution in [0.4, 0.5) is 4.79 Å². The van der Waals surface area contributed by atoms with Crippen LogP contribution in [0.25, 0.3) is 22.2 Å². The number of benzene rings is 2. The van der Waals surface area contributed by atoms with Gasteiger partial charge >= 0.3 is 12.0 Å². The highest BCUT2D eigenvalue weighted by atomic mass is 127. The van der Waals surface area contributed by atoms with E-state index in [0.29, 0.717) is 29.1 Å². The average molecular weight is 745 g/mol. The maximum atomic E-state index is 13.9. The minimum Gasteiger partial charge on any atom is -0.497 e. The van der Waals surface area contributed by atoms with Crippen molar-refractivity contribution in [1.29, 1.82) is 0 Å². The summed E-state index contributed by atoms with van der Waals surface area (Å²) >= 11 is 2.13. The van der Waals surface area contributed by atoms with Crippen molar-refractivity contribution < 1.29 is 33.7 Å². The highest BCUT2D eigenvalue weighted by Gasteiger charge is 2.62. The number of hydrogen-bond donors (Lipinski definition) is 3. The molecule has 2 aliphatic rings. The molecule has 11 nitrogen and oxygen atoms in total. The molecule has 0 bridgehead atoms. The molecule has 3 N–H and O–H groups in total. The number of likely N-dealkylation sites (tertiary alicyclic amines) is 1. The fourth-order valence-corrected chi connectivity index (χ4v) is 6.74. The van der Waals surface area contributed by atoms with Crippen LogP contribution in [0.15, 0.2) is 54.6 Å². The van der Waals surface area contributed by atoms with Gasteiger partial charge in [0, 0.05) is 33.4 Å². The molecular formula is C34H41IN4O7. The molecule has 1 aromatic heterocycles. The van der Waals surface area contributed by atoms with E-state index < -0.39 is 47.0 Å². The van der Waals surface area contributed by atoms with Crippen molar-refractivity contribution in [3.63, 3.8) is 0 Å². The van der Waals surface area contributed by atoms with E-state index in [9.17, 15) is 19.5 Å². The van der Waals surface area contributed by atoms with Gasteiger partial charge in [0.05, 0.1) is 44.1 Å². The van der Waals surface area contributed by atoms with Crippen LogP contribution in [0.5, 0.6) is 11.5 Å². The zero-order valence-corrected chi connectivity index (χ0v) is 28.9. The Bertz CT molecular complexity index is 1600. The number of methoxy groups -OCH3 is 1. The number of alkyl halides is 1. The largest absolute Gasteiger partial charge is 0.497 e. The lowest BCUT2D eigenvalue weighted by Crippen LogP contribution is -2.57. The summed E-state index contributed by atoms with van der Waals surface area (Å²) in [5.74, 6) is 0.264. The number of nitrogens with one attached hydrogen (secondary N) is 2. The number of pyridine rings is 1. The van der Waals surface area contributed by atoms with Crippen LogP contribution >= 0.6 is 22.6 Å². The predicted molar refractivity (Wildman–Crippen MR) is 182 cm³/mol. The summed E-state index contributed by atoms with van der Waals surface area (Å²) < 4.78 is 17.2. The molecule has 12 heteroatoms. The molecule has 1 saturated carbocycles. The first-order valence-corrected chi connectivity index (χ1v) is 16.7. The van der Waals surface area contributed by atoms with Gasteiger partial charge in [-0.2, -0.15) is 0 Å². The SMILES string of the molecule is CCOC(=O)[C@@]1(NC(=O)[C@@H]2C[C@@H](Oc3cc(-c4ccccc4)nc4cc(OC)ccc34)CN2C(=O)N[C@H](CO)C(C)(C)C)C[C@H]1I. The Morgan fingerprint density at radius 1 is 1.15 bits per heavy atom. The van der Waals surface area contributed by atoms with E-state index in [-0.39, 0.29) is 30.1 Å². The normalized spacial score (nSPS) is 23.0. The first-order chi connectivity index (χ1) is 21.9. The molecule has 1 saturated heterocycles. The topological polar surface area (TPSA) is 139 Å². The fraction of sp³-hybridized carbons (Fsp3) is 0.471. The summed E-state index contributed by atoms with van der Waals surface area (Å²) in [5, 5.41) is 16.6. The van der Waals surface area contributed by atoms with Crippen LogP contribution in [0.3, 0.4) is 0 Å². The van der Waals surface area contributed by atoms with E-state index in [4.69, 9.17) is 19.2 Å². The third-order valence-corrected chi connectivity index (χ3v) is 10.1. The van der Waals surface area contributed by atoms with Gasteiger partial charge in [-0.3, -0.25) is 4.79 Å². The number of nitrogens with zero attached hydrogens (tertiary/aromatic N) is 2. The second kappa shape index (κ2) is 13.6. The number of aliphatic hydroxyl groups is 1. The molecule has 0 unspecified atom stereocenters. The number of amides is 3. The van der Waals surface area contributed by atoms with Crippen molar-refractivity contribution in [1.82, 2.24) is 20.5 Å². The number of ether oxygens (including phenoxy) is 3. The summed E-state index contributed by atoms with van der Waals surface area (Å²) in [6.45, 7) is 7.50. The molecule has 0 radical (unpaired) electrons. The smallest absolute Gasteiger partial charge is 0.332 e. The number of carbonyl (C=O) groups excluding carboxylic acids is 3. The van der Waals surface area contributed by atoms with Crippen LogP contribution < -0.4 is 20.1 Å². The van der Waals surface area contributed by atoms with Crippen molar-refractivity contribution >= 4 is 51.4 Å². The zero-order chi connectivity index (χ0) is 33.2. The number of esters is 1. The molecule has 3 amide bonds. The summed E-state index contributed by atoms with van der Waals surface area (Å²) in [6, 6.07) is 15.2. The van der Waals surface area contributed by atoms with Gasteiger partial charge in [0.25, 0.3) is 0 Å². The molecule has 1 aliphatic carbocycles. The molecule has 5 atom stereocenters. The van der Waals surface area contributed by atoms with Crippen molar-refractivity contribution in [2.24, 2.45) is 5.41 Å². The zero-order valence-electron chi connectivity index (χ0n) is 26.7. The van der Waals surface area contributed by atoms with E-state index in [0.717, 1.165) is 10.9 Å². The Morgan fingerprint density at radius 2 is 1.87 bits per heavy atom. The molecule has 0 spiro atoms. The number of carbonyl (C=O) groups is 3. The minimum atomic E-state index is -1.13. The van der Waals surface area contributed by atoms with Gasteiger partial charge in [0.2, 0.25) is 5.91 Å². The Labute approximate surface area is 282 Å². The second-order valence-corrected chi connectivity index (χ2v) is 14.3. The van der Waals surface area contributed by atoms with Gasteiger partial charge in [-0.05, 0) is 30.9 Å². The van der Waals surface area contributed by atoms with E-state index in [2.05, 4.69) is 33.2 Å². The third kappa shape index (κ3) is 7.02. The number of hydrogen-bond acceptors (Lipinski definition) is 8. The van der Waals surface area contributed by atoms with Gasteiger partial charge in [-0.25, -0.2) is 14.6 Å². The summed E-state index contributed by atoms with van der Waals surface area (Å²) in [5.41, 5.74) is 0.720. The van der Waals surface area contributed by atoms with E-state index in [1.165, 1.54) is 4.90 Å². The second-order valence-electron chi connectivity index (χ2n) is 12.8. The fourth-order valence-electron chi connectivity index (χ4n) is 5.64. The van der Waals surface area contributed by atoms with Crippen LogP contribution in [-0.4, -0.2) is 87.4 Å². The lowest BCUT2D eigenvalue weighted by molar-refractivity contribution is -0.149. The first-order valence-electron chi connectivity index (χ1n) is 15.4. The first kappa shape index (κ1) is 33.7. The highest BCUT2D eigenvalue weighted by Crippen LogP contribution is 2.44. The number of aliphatic hydroxyl groups excluding tert-OH is 1. The Balaban J connectivity index is 1.46. The van der Waals surface area contributed by atoms with Crippen LogP contribution in [0.1, 0.15) is 40.5 Å². The van der Waals surface area contributed by atoms with Crippen LogP contribution in [0.2, 0.25) is 0 Å². The van der Waals surface area contributed by atoms with Crippen molar-refractivity contribution in [3.05, 3.63) is 54.6 Å². The molecule has 2 fully saturated rings. The maximum absolute atomic E-state index is 13.9. The molecule has 246 valence electrons. The van der Waals surface area contributed by atoms with Gasteiger partial charge in [0.1, 0.15) is 23.6 Å². The summed E-state index contributed by atoms with van der Waals surface area (Å²) in [6.07, 6.45) is 0.0694. The van der Waals surface area contributed by atoms with Gasteiger partial charge in [-0.1, -0.05) is 73.7 Å². The van der Waals surface area contributed by atoms with E-state index in [1.807, 2.05) is 75.4 Å². The van der Waals surface area contributed by atoms with Crippen LogP contribution in [0, 0.1) is 5.41 Å². The van der Waals surface area contributed by atoms with Gasteiger partial charge in [-0.15, -0.1) is 0 Å². The minimum absolute atomic E-state index is 0.104. The molecule has 5 rings (SSSR count). The monoisotopic (exact) mass is 744 g/mol. The van der Waals surface area contributed by atoms with Gasteiger partial charge < -0.3 is 34.9 Å². The van der Waals surface area contributed by atoms with Crippen molar-refractivity contribution in [2.75, 3.05) is 26.9 Å². The molecule has 2 heterocycles. The van der Waals surface area contributed by atoms with E-state index in [1.54, 1.807) is 14.0 Å². The van der Waals surface area contributed by atoms with Crippen molar-refractivity contribution in [3.8, 4) is 22.8 Å². The van der Waals surface area contributed by atoms with Crippen molar-refractivity contribution in [2.45, 2.75) is 68.2 Å². The molecular weight excluding hydrogens is 703 g/mol. The number of halogens is 1. The average Bonchev–Trinajstić information content (AvgIpc) is 3.49. The van der Waals surface area contributed by atoms with Crippen LogP contribution in [-0.2, 0) is 14.3 Å². The molecule has 3 aromatic rings. The van der Waals surface area contributed by atoms with Gasteiger partial charge in [0.15, 0.2) is 5.54 Å². The Morgan fingerprint density at radius 3 is 2.48 bits per heavy atom. The summed E-state index contributed by atoms with van der Waals surface area (Å²) in [7, 11) is 1.60. The predicted octanol–water partition coefficient (Wildman–Crippen LogP) is 4.47. The quantitative estimate of drug-likeness (QED) is 0.157. The molecule has 1 aliphatic heterocycles. The molecule has 2 aromatic carbocycles. The Kier molecular flexibility index (Phi) is 9.97. The lowest BCUT2D eigenvalue weighted by atomic mass is 9.87. The summed E-state index contributed by atoms with van der Waals surface area (Å²) in [4.78, 5) is 46.7. The number of urea groups is 1. The highest BCUT2D eigenvalue weighted by molar-refractivity contribution is 14.1. The number of aromatic nitrogens is 1. The number of fused-ring (bicyclic) bond motifs is 1. The standard InChI is InChI=1S/C34H41IN4O7/c1-6-45-31(42)34(17-28(34)35)38-30(41)26-15-22(18-39(26)32(43)37-29(19-40)33(2,3)4)46-27-16-24(20-10-8-7-9-11-20)36-25-14-21(44-5)12-13-23(25)27/h7-14,16,22,26,28-29,40H,6,15,17-19H2,1-5H3,(H,37,43)(H,38,41)/t22-,26+,28-,29-,34-/m1/s1. The number of rotatable bonds is 10.